The van der Waals surface area contributed by atoms with Crippen LogP contribution in [-0.4, -0.2) is 68.9 Å². The molecule has 0 aliphatic carbocycles. The smallest absolute Gasteiger partial charge is 0.457 e. The molecule has 0 saturated carbocycles. The van der Waals surface area contributed by atoms with Gasteiger partial charge >= 0.3 is 6.36 Å². The Kier molecular flexibility index (Phi) is 9.71. The lowest BCUT2D eigenvalue weighted by molar-refractivity contribution is -0.274. The van der Waals surface area contributed by atoms with Crippen LogP contribution in [0.25, 0.3) is 0 Å². The van der Waals surface area contributed by atoms with Gasteiger partial charge in [0, 0.05) is 26.7 Å². The van der Waals surface area contributed by atoms with Gasteiger partial charge in [-0.2, -0.15) is 0 Å². The lowest BCUT2D eigenvalue weighted by Crippen LogP contribution is -2.57. The number of rotatable bonds is 9. The van der Waals surface area contributed by atoms with E-state index in [1.807, 2.05) is 4.90 Å². The van der Waals surface area contributed by atoms with E-state index >= 15 is 0 Å². The maximum atomic E-state index is 13.5. The summed E-state index contributed by atoms with van der Waals surface area (Å²) in [6, 6.07) is 9.98. The Balaban J connectivity index is 0.00000456. The van der Waals surface area contributed by atoms with E-state index in [4.69, 9.17) is 9.47 Å². The van der Waals surface area contributed by atoms with Crippen molar-refractivity contribution in [2.75, 3.05) is 33.4 Å². The predicted octanol–water partition coefficient (Wildman–Crippen LogP) is 3.77. The van der Waals surface area contributed by atoms with E-state index in [-0.39, 0.29) is 36.7 Å². The molecule has 0 spiro atoms. The summed E-state index contributed by atoms with van der Waals surface area (Å²) < 4.78 is 76.4. The number of amides is 1. The molecule has 2 N–H and O–H groups in total. The highest BCUT2D eigenvalue weighted by Crippen LogP contribution is 2.37. The Hall–Kier alpha value is -2.87. The number of alkyl halides is 3. The zero-order valence-electron chi connectivity index (χ0n) is 18.7. The summed E-state index contributed by atoms with van der Waals surface area (Å²) in [4.78, 5) is 14.4. The number of benzene rings is 2. The van der Waals surface area contributed by atoms with Crippen molar-refractivity contribution < 1.29 is 45.8 Å². The zero-order chi connectivity index (χ0) is 25.7. The molecular formula is C23H29F3N2O7S. The van der Waals surface area contributed by atoms with Gasteiger partial charge in [-0.3, -0.25) is 10.0 Å². The number of carbonyl (C=O) groups excluding carboxylic acids is 1. The number of ether oxygens (including phenoxy) is 3. The van der Waals surface area contributed by atoms with Crippen LogP contribution in [0.4, 0.5) is 13.2 Å². The number of likely N-dealkylation sites (tertiary alicyclic amines) is 1. The van der Waals surface area contributed by atoms with Crippen LogP contribution < -0.4 is 15.0 Å². The van der Waals surface area contributed by atoms with Gasteiger partial charge in [0.15, 0.2) is 14.6 Å². The van der Waals surface area contributed by atoms with Gasteiger partial charge in [-0.15, -0.1) is 13.2 Å². The Bertz CT molecular complexity index is 1100. The minimum Gasteiger partial charge on any atom is -0.457 e. The molecular weight excluding hydrogens is 505 g/mol. The van der Waals surface area contributed by atoms with E-state index in [9.17, 15) is 31.6 Å². The SMILES string of the molecule is C.COCCN1CCC(C(=O)NO)(S(=O)(=O)c2ccc(Oc3ccc(OC(F)(F)F)cc3)cc2)CC1. The Morgan fingerprint density at radius 2 is 1.53 bits per heavy atom. The van der Waals surface area contributed by atoms with Crippen LogP contribution in [0, 0.1) is 0 Å². The summed E-state index contributed by atoms with van der Waals surface area (Å²) in [5.41, 5.74) is 1.51. The molecule has 13 heteroatoms. The van der Waals surface area contributed by atoms with E-state index in [2.05, 4.69) is 4.74 Å². The molecule has 0 bridgehead atoms. The molecule has 1 heterocycles. The fourth-order valence-corrected chi connectivity index (χ4v) is 5.79. The first-order valence-electron chi connectivity index (χ1n) is 10.5. The molecule has 3 rings (SSSR count). The van der Waals surface area contributed by atoms with Crippen molar-refractivity contribution in [1.82, 2.24) is 10.4 Å². The Morgan fingerprint density at radius 1 is 1.03 bits per heavy atom. The normalized spacial score (nSPS) is 16.0. The van der Waals surface area contributed by atoms with Crippen LogP contribution in [0.3, 0.4) is 0 Å². The fraction of sp³-hybridized carbons (Fsp3) is 0.435. The van der Waals surface area contributed by atoms with Gasteiger partial charge in [0.25, 0.3) is 5.91 Å². The van der Waals surface area contributed by atoms with Gasteiger partial charge < -0.3 is 19.1 Å². The zero-order valence-corrected chi connectivity index (χ0v) is 19.6. The molecule has 1 aliphatic rings. The molecule has 9 nitrogen and oxygen atoms in total. The van der Waals surface area contributed by atoms with Gasteiger partial charge in [-0.1, -0.05) is 7.43 Å². The third-order valence-electron chi connectivity index (χ3n) is 5.73. The monoisotopic (exact) mass is 534 g/mol. The molecule has 0 atom stereocenters. The van der Waals surface area contributed by atoms with Crippen molar-refractivity contribution in [3.63, 3.8) is 0 Å². The highest BCUT2D eigenvalue weighted by atomic mass is 32.2. The molecule has 2 aromatic carbocycles. The van der Waals surface area contributed by atoms with E-state index in [1.54, 1.807) is 7.11 Å². The number of piperidine rings is 1. The Morgan fingerprint density at radius 3 is 2.00 bits per heavy atom. The van der Waals surface area contributed by atoms with Gasteiger partial charge in [0.1, 0.15) is 17.2 Å². The number of hydrogen-bond donors (Lipinski definition) is 2. The van der Waals surface area contributed by atoms with Crippen LogP contribution in [0.15, 0.2) is 53.4 Å². The molecule has 200 valence electrons. The fourth-order valence-electron chi connectivity index (χ4n) is 3.84. The van der Waals surface area contributed by atoms with Gasteiger partial charge in [0.05, 0.1) is 11.5 Å². The second-order valence-corrected chi connectivity index (χ2v) is 10.1. The quantitative estimate of drug-likeness (QED) is 0.369. The second-order valence-electron chi connectivity index (χ2n) is 7.87. The van der Waals surface area contributed by atoms with Crippen LogP contribution in [0.2, 0.25) is 0 Å². The van der Waals surface area contributed by atoms with E-state index in [0.717, 1.165) is 12.1 Å². The molecule has 36 heavy (non-hydrogen) atoms. The highest BCUT2D eigenvalue weighted by molar-refractivity contribution is 7.93. The first-order valence-corrected chi connectivity index (χ1v) is 12.0. The number of halogens is 3. The largest absolute Gasteiger partial charge is 0.573 e. The minimum absolute atomic E-state index is 0. The third kappa shape index (κ3) is 6.66. The number of nitrogens with zero attached hydrogens (tertiary/aromatic N) is 1. The van der Waals surface area contributed by atoms with Crippen LogP contribution in [0.1, 0.15) is 20.3 Å². The summed E-state index contributed by atoms with van der Waals surface area (Å²) in [6.45, 7) is 1.70. The predicted molar refractivity (Wildman–Crippen MR) is 124 cm³/mol. The number of nitrogens with one attached hydrogen (secondary N) is 1. The second kappa shape index (κ2) is 11.9. The average molecular weight is 535 g/mol. The number of carbonyl (C=O) groups is 1. The third-order valence-corrected chi connectivity index (χ3v) is 8.25. The highest BCUT2D eigenvalue weighted by Gasteiger charge is 2.52. The summed E-state index contributed by atoms with van der Waals surface area (Å²) in [5, 5.41) is 9.27. The lowest BCUT2D eigenvalue weighted by Gasteiger charge is -2.39. The maximum absolute atomic E-state index is 13.5. The number of hydroxylamine groups is 1. The maximum Gasteiger partial charge on any atom is 0.573 e. The topological polar surface area (TPSA) is 114 Å². The molecule has 1 saturated heterocycles. The molecule has 2 aromatic rings. The van der Waals surface area contributed by atoms with Crippen molar-refractivity contribution in [2.45, 2.75) is 36.3 Å². The van der Waals surface area contributed by atoms with Crippen molar-refractivity contribution in [2.24, 2.45) is 0 Å². The molecule has 0 unspecified atom stereocenters. The summed E-state index contributed by atoms with van der Waals surface area (Å²) >= 11 is 0. The van der Waals surface area contributed by atoms with Crippen molar-refractivity contribution in [3.05, 3.63) is 48.5 Å². The average Bonchev–Trinajstić information content (AvgIpc) is 2.83. The van der Waals surface area contributed by atoms with Crippen LogP contribution in [-0.2, 0) is 19.4 Å². The van der Waals surface area contributed by atoms with E-state index < -0.39 is 32.6 Å². The summed E-state index contributed by atoms with van der Waals surface area (Å²) in [7, 11) is -2.64. The molecule has 0 aromatic heterocycles. The van der Waals surface area contributed by atoms with E-state index in [0.29, 0.717) is 26.2 Å². The minimum atomic E-state index is -4.81. The van der Waals surface area contributed by atoms with Gasteiger partial charge in [-0.05, 0) is 61.4 Å². The van der Waals surface area contributed by atoms with Gasteiger partial charge in [0.2, 0.25) is 0 Å². The molecule has 1 aliphatic heterocycles. The number of sulfone groups is 1. The molecule has 0 radical (unpaired) electrons. The van der Waals surface area contributed by atoms with Crippen molar-refractivity contribution in [3.8, 4) is 17.2 Å². The lowest BCUT2D eigenvalue weighted by atomic mass is 9.95. The van der Waals surface area contributed by atoms with Crippen molar-refractivity contribution >= 4 is 15.7 Å². The summed E-state index contributed by atoms with van der Waals surface area (Å²) in [6.07, 6.45) is -4.85. The van der Waals surface area contributed by atoms with Crippen LogP contribution >= 0.6 is 0 Å². The Labute approximate surface area is 207 Å². The number of methoxy groups -OCH3 is 1. The van der Waals surface area contributed by atoms with Crippen molar-refractivity contribution in [1.29, 1.82) is 0 Å². The van der Waals surface area contributed by atoms with Gasteiger partial charge in [-0.25, -0.2) is 13.9 Å². The summed E-state index contributed by atoms with van der Waals surface area (Å²) in [5.74, 6) is -0.976. The number of hydrogen-bond acceptors (Lipinski definition) is 8. The standard InChI is InChI=1S/C22H25F3N2O7S.CH4/c1-32-15-14-27-12-10-21(11-13-27,20(28)26-29)35(30,31)19-8-6-17(7-9-19)33-16-2-4-18(5-3-16)34-22(23,24)25;/h2-9,29H,10-15H2,1H3,(H,26,28);1H4. The van der Waals surface area contributed by atoms with E-state index in [1.165, 1.54) is 41.9 Å². The van der Waals surface area contributed by atoms with Crippen LogP contribution in [0.5, 0.6) is 17.2 Å². The molecule has 1 amide bonds. The molecule has 1 fully saturated rings. The first-order chi connectivity index (χ1) is 16.5. The first kappa shape index (κ1) is 29.4.